The number of nitrogens with one attached hydrogen (secondary N) is 1. The third-order valence-corrected chi connectivity index (χ3v) is 5.45. The molecule has 0 bridgehead atoms. The van der Waals surface area contributed by atoms with Gasteiger partial charge in [0.15, 0.2) is 0 Å². The maximum absolute atomic E-state index is 12.8. The van der Waals surface area contributed by atoms with Gasteiger partial charge in [-0.2, -0.15) is 0 Å². The summed E-state index contributed by atoms with van der Waals surface area (Å²) in [6.07, 6.45) is 3.51. The second kappa shape index (κ2) is 9.09. The Morgan fingerprint density at radius 2 is 2.00 bits per heavy atom. The van der Waals surface area contributed by atoms with Crippen LogP contribution in [0.3, 0.4) is 0 Å². The maximum Gasteiger partial charge on any atom is 0.257 e. The molecule has 2 aromatic rings. The Hall–Kier alpha value is -2.56. The molecule has 0 aliphatic carbocycles. The van der Waals surface area contributed by atoms with Crippen molar-refractivity contribution in [3.63, 3.8) is 0 Å². The molecule has 0 radical (unpaired) electrons. The predicted octanol–water partition coefficient (Wildman–Crippen LogP) is 3.89. The summed E-state index contributed by atoms with van der Waals surface area (Å²) in [5.41, 5.74) is 1.89. The van der Waals surface area contributed by atoms with Crippen LogP contribution >= 0.6 is 0 Å². The minimum Gasteiger partial charge on any atom is -0.466 e. The Bertz CT molecular complexity index is 813. The van der Waals surface area contributed by atoms with E-state index in [-0.39, 0.29) is 23.8 Å². The second-order valence-electron chi connectivity index (χ2n) is 7.85. The average Bonchev–Trinajstić information content (AvgIpc) is 3.04. The SMILES string of the molecule is Cc1cc(C(=O)N2CCC[C@@H](C(=O)N[C@H](C)CCc3ccccc3)C2)c(C)o1. The van der Waals surface area contributed by atoms with Gasteiger partial charge in [0, 0.05) is 19.1 Å². The molecule has 5 heteroatoms. The van der Waals surface area contributed by atoms with Gasteiger partial charge in [-0.05, 0) is 58.1 Å². The fraction of sp³-hybridized carbons (Fsp3) is 0.478. The second-order valence-corrected chi connectivity index (χ2v) is 7.85. The van der Waals surface area contributed by atoms with E-state index >= 15 is 0 Å². The van der Waals surface area contributed by atoms with E-state index in [0.717, 1.165) is 31.4 Å². The van der Waals surface area contributed by atoms with Gasteiger partial charge in [-0.25, -0.2) is 0 Å². The van der Waals surface area contributed by atoms with E-state index in [4.69, 9.17) is 4.42 Å². The van der Waals surface area contributed by atoms with Crippen LogP contribution in [0.15, 0.2) is 40.8 Å². The molecule has 1 aromatic carbocycles. The van der Waals surface area contributed by atoms with Crippen molar-refractivity contribution < 1.29 is 14.0 Å². The molecule has 3 rings (SSSR count). The van der Waals surface area contributed by atoms with Gasteiger partial charge in [-0.15, -0.1) is 0 Å². The van der Waals surface area contributed by atoms with Gasteiger partial charge in [0.05, 0.1) is 11.5 Å². The van der Waals surface area contributed by atoms with Gasteiger partial charge in [0.2, 0.25) is 5.91 Å². The molecule has 28 heavy (non-hydrogen) atoms. The molecule has 1 fully saturated rings. The molecular weight excluding hydrogens is 352 g/mol. The first-order valence-electron chi connectivity index (χ1n) is 10.1. The maximum atomic E-state index is 12.8. The van der Waals surface area contributed by atoms with Crippen LogP contribution in [0.2, 0.25) is 0 Å². The molecule has 5 nitrogen and oxygen atoms in total. The third kappa shape index (κ3) is 5.03. The zero-order valence-corrected chi connectivity index (χ0v) is 17.0. The van der Waals surface area contributed by atoms with Crippen LogP contribution < -0.4 is 5.32 Å². The van der Waals surface area contributed by atoms with Crippen LogP contribution in [-0.4, -0.2) is 35.8 Å². The molecule has 2 heterocycles. The Labute approximate surface area is 167 Å². The number of hydrogen-bond donors (Lipinski definition) is 1. The lowest BCUT2D eigenvalue weighted by Crippen LogP contribution is -2.47. The highest BCUT2D eigenvalue weighted by molar-refractivity contribution is 5.95. The molecule has 1 aromatic heterocycles. The van der Waals surface area contributed by atoms with E-state index in [0.29, 0.717) is 24.4 Å². The number of likely N-dealkylation sites (tertiary alicyclic amines) is 1. The average molecular weight is 383 g/mol. The van der Waals surface area contributed by atoms with Crippen LogP contribution in [0, 0.1) is 19.8 Å². The lowest BCUT2D eigenvalue weighted by molar-refractivity contribution is -0.127. The molecule has 150 valence electrons. The summed E-state index contributed by atoms with van der Waals surface area (Å²) < 4.78 is 5.49. The molecule has 0 unspecified atom stereocenters. The number of aryl methyl sites for hydroxylation is 3. The fourth-order valence-electron chi connectivity index (χ4n) is 3.85. The summed E-state index contributed by atoms with van der Waals surface area (Å²) in [6, 6.07) is 12.2. The Morgan fingerprint density at radius 1 is 1.25 bits per heavy atom. The summed E-state index contributed by atoms with van der Waals surface area (Å²) in [5, 5.41) is 3.14. The largest absolute Gasteiger partial charge is 0.466 e. The highest BCUT2D eigenvalue weighted by atomic mass is 16.3. The van der Waals surface area contributed by atoms with E-state index in [1.807, 2.05) is 39.0 Å². The van der Waals surface area contributed by atoms with Crippen molar-refractivity contribution in [2.24, 2.45) is 5.92 Å². The zero-order chi connectivity index (χ0) is 20.1. The van der Waals surface area contributed by atoms with Gasteiger partial charge < -0.3 is 14.6 Å². The molecule has 0 saturated carbocycles. The number of piperidine rings is 1. The Balaban J connectivity index is 1.52. The zero-order valence-electron chi connectivity index (χ0n) is 17.0. The summed E-state index contributed by atoms with van der Waals surface area (Å²) in [6.45, 7) is 6.86. The normalized spacial score (nSPS) is 18.0. The van der Waals surface area contributed by atoms with Crippen molar-refractivity contribution in [3.8, 4) is 0 Å². The number of furan rings is 1. The standard InChI is InChI=1S/C23H30N2O3/c1-16(11-12-19-8-5-4-6-9-19)24-22(26)20-10-7-13-25(15-20)23(27)21-14-17(2)28-18(21)3/h4-6,8-9,14,16,20H,7,10-13,15H2,1-3H3,(H,24,26)/t16-,20-/m1/s1. The van der Waals surface area contributed by atoms with Crippen molar-refractivity contribution in [2.75, 3.05) is 13.1 Å². The molecule has 1 aliphatic heterocycles. The Kier molecular flexibility index (Phi) is 6.55. The van der Waals surface area contributed by atoms with E-state index in [2.05, 4.69) is 17.4 Å². The van der Waals surface area contributed by atoms with E-state index in [9.17, 15) is 9.59 Å². The number of benzene rings is 1. The molecule has 2 atom stereocenters. The van der Waals surface area contributed by atoms with Gasteiger partial charge in [-0.1, -0.05) is 30.3 Å². The lowest BCUT2D eigenvalue weighted by Gasteiger charge is -2.32. The van der Waals surface area contributed by atoms with Crippen LogP contribution in [0.1, 0.15) is 53.6 Å². The summed E-state index contributed by atoms with van der Waals surface area (Å²) in [4.78, 5) is 27.3. The minimum absolute atomic E-state index is 0.0380. The molecule has 0 spiro atoms. The highest BCUT2D eigenvalue weighted by Gasteiger charge is 2.30. The van der Waals surface area contributed by atoms with Crippen molar-refractivity contribution in [3.05, 3.63) is 59.0 Å². The first-order valence-corrected chi connectivity index (χ1v) is 10.1. The van der Waals surface area contributed by atoms with E-state index < -0.39 is 0 Å². The number of nitrogens with zero attached hydrogens (tertiary/aromatic N) is 1. The highest BCUT2D eigenvalue weighted by Crippen LogP contribution is 2.22. The number of rotatable bonds is 6. The minimum atomic E-state index is -0.148. The van der Waals surface area contributed by atoms with Gasteiger partial charge >= 0.3 is 0 Å². The number of hydrogen-bond acceptors (Lipinski definition) is 3. The van der Waals surface area contributed by atoms with Gasteiger partial charge in [0.25, 0.3) is 5.91 Å². The van der Waals surface area contributed by atoms with Crippen molar-refractivity contribution in [1.29, 1.82) is 0 Å². The monoisotopic (exact) mass is 382 g/mol. The lowest BCUT2D eigenvalue weighted by atomic mass is 9.95. The molecule has 1 saturated heterocycles. The number of carbonyl (C=O) groups excluding carboxylic acids is 2. The van der Waals surface area contributed by atoms with Crippen LogP contribution in [0.4, 0.5) is 0 Å². The topological polar surface area (TPSA) is 62.6 Å². The first-order chi connectivity index (χ1) is 13.4. The van der Waals surface area contributed by atoms with Gasteiger partial charge in [-0.3, -0.25) is 9.59 Å². The molecule has 1 N–H and O–H groups in total. The number of amides is 2. The quantitative estimate of drug-likeness (QED) is 0.824. The first kappa shape index (κ1) is 20.2. The van der Waals surface area contributed by atoms with E-state index in [1.54, 1.807) is 11.0 Å². The smallest absolute Gasteiger partial charge is 0.257 e. The molecule has 1 aliphatic rings. The predicted molar refractivity (Wildman–Crippen MR) is 109 cm³/mol. The third-order valence-electron chi connectivity index (χ3n) is 5.45. The Morgan fingerprint density at radius 3 is 2.68 bits per heavy atom. The fourth-order valence-corrected chi connectivity index (χ4v) is 3.85. The van der Waals surface area contributed by atoms with Crippen molar-refractivity contribution in [1.82, 2.24) is 10.2 Å². The molecular formula is C23H30N2O3. The summed E-state index contributed by atoms with van der Waals surface area (Å²) in [5.74, 6) is 1.25. The van der Waals surface area contributed by atoms with Crippen molar-refractivity contribution >= 4 is 11.8 Å². The molecule has 2 amide bonds. The van der Waals surface area contributed by atoms with Crippen LogP contribution in [0.5, 0.6) is 0 Å². The van der Waals surface area contributed by atoms with Crippen LogP contribution in [0.25, 0.3) is 0 Å². The van der Waals surface area contributed by atoms with Crippen LogP contribution in [-0.2, 0) is 11.2 Å². The van der Waals surface area contributed by atoms with E-state index in [1.165, 1.54) is 5.56 Å². The van der Waals surface area contributed by atoms with Gasteiger partial charge in [0.1, 0.15) is 11.5 Å². The summed E-state index contributed by atoms with van der Waals surface area (Å²) >= 11 is 0. The summed E-state index contributed by atoms with van der Waals surface area (Å²) in [7, 11) is 0. The number of carbonyl (C=O) groups is 2. The van der Waals surface area contributed by atoms with Crippen molar-refractivity contribution in [2.45, 2.75) is 52.5 Å².